The average Bonchev–Trinajstić information content (AvgIpc) is 3.72. The van der Waals surface area contributed by atoms with Gasteiger partial charge in [0.1, 0.15) is 0 Å². The molecule has 47 heavy (non-hydrogen) atoms. The Kier molecular flexibility index (Phi) is 5.76. The van der Waals surface area contributed by atoms with E-state index in [9.17, 15) is 0 Å². The van der Waals surface area contributed by atoms with Crippen LogP contribution in [0.25, 0.3) is 81.6 Å². The molecule has 0 fully saturated rings. The van der Waals surface area contributed by atoms with Crippen molar-refractivity contribution in [1.82, 2.24) is 14.5 Å². The van der Waals surface area contributed by atoms with E-state index in [1.165, 1.54) is 62.0 Å². The van der Waals surface area contributed by atoms with Gasteiger partial charge >= 0.3 is 281 Å². The molecule has 3 nitrogen and oxygen atoms in total. The zero-order valence-corrected chi connectivity index (χ0v) is 28.9. The molecule has 0 radical (unpaired) electrons. The summed E-state index contributed by atoms with van der Waals surface area (Å²) in [7, 11) is 0. The van der Waals surface area contributed by atoms with Crippen LogP contribution in [0.1, 0.15) is 0 Å². The van der Waals surface area contributed by atoms with Gasteiger partial charge in [0.15, 0.2) is 0 Å². The van der Waals surface area contributed by atoms with E-state index in [0.29, 0.717) is 0 Å². The van der Waals surface area contributed by atoms with Crippen LogP contribution < -0.4 is 8.79 Å². The van der Waals surface area contributed by atoms with Crippen LogP contribution in [-0.2, 0) is 0 Å². The van der Waals surface area contributed by atoms with Crippen LogP contribution in [0.4, 0.5) is 0 Å². The molecular formula is C42H29GeN3S. The number of fused-ring (bicyclic) bond motifs is 9. The number of rotatable bonds is 3. The van der Waals surface area contributed by atoms with Gasteiger partial charge in [0.25, 0.3) is 0 Å². The summed E-state index contributed by atoms with van der Waals surface area (Å²) >= 11 is -1.000. The molecule has 0 amide bonds. The van der Waals surface area contributed by atoms with Crippen LogP contribution in [0.3, 0.4) is 0 Å². The third kappa shape index (κ3) is 3.92. The molecule has 6 aromatic carbocycles. The second-order valence-corrected chi connectivity index (χ2v) is 23.1. The Balaban J connectivity index is 1.23. The minimum atomic E-state index is -2.88. The van der Waals surface area contributed by atoms with E-state index in [2.05, 4.69) is 150 Å². The number of hydrogen-bond acceptors (Lipinski definition) is 3. The second kappa shape index (κ2) is 9.98. The summed E-state index contributed by atoms with van der Waals surface area (Å²) in [5, 5.41) is 5.25. The van der Waals surface area contributed by atoms with Gasteiger partial charge in [-0.25, -0.2) is 0 Å². The van der Waals surface area contributed by atoms with E-state index >= 15 is 0 Å². The van der Waals surface area contributed by atoms with Gasteiger partial charge < -0.3 is 0 Å². The van der Waals surface area contributed by atoms with E-state index in [4.69, 9.17) is 9.97 Å². The van der Waals surface area contributed by atoms with Crippen molar-refractivity contribution in [2.75, 3.05) is 0 Å². The van der Waals surface area contributed by atoms with Gasteiger partial charge in [-0.3, -0.25) is 0 Å². The van der Waals surface area contributed by atoms with E-state index in [1.54, 1.807) is 0 Å². The van der Waals surface area contributed by atoms with Gasteiger partial charge in [-0.1, -0.05) is 0 Å². The summed E-state index contributed by atoms with van der Waals surface area (Å²) in [5.41, 5.74) is 9.35. The van der Waals surface area contributed by atoms with Crippen LogP contribution >= 0.6 is 11.3 Å². The molecule has 9 aromatic rings. The van der Waals surface area contributed by atoms with Crippen molar-refractivity contribution in [3.05, 3.63) is 140 Å². The fourth-order valence-electron chi connectivity index (χ4n) is 7.76. The van der Waals surface area contributed by atoms with Crippen molar-refractivity contribution in [2.24, 2.45) is 0 Å². The molecule has 3 aromatic heterocycles. The number of benzene rings is 6. The normalized spacial score (nSPS) is 13.5. The maximum absolute atomic E-state index is 5.32. The molecule has 0 N–H and O–H groups in total. The molecule has 0 bridgehead atoms. The van der Waals surface area contributed by atoms with Crippen LogP contribution in [-0.4, -0.2) is 27.8 Å². The van der Waals surface area contributed by atoms with Crippen molar-refractivity contribution in [2.45, 2.75) is 11.5 Å². The van der Waals surface area contributed by atoms with Gasteiger partial charge in [0.05, 0.1) is 0 Å². The summed E-state index contributed by atoms with van der Waals surface area (Å²) in [6.07, 6.45) is 0. The molecule has 4 heterocycles. The first-order valence-corrected chi connectivity index (χ1v) is 23.2. The van der Waals surface area contributed by atoms with Gasteiger partial charge in [-0.05, 0) is 0 Å². The Morgan fingerprint density at radius 1 is 0.532 bits per heavy atom. The molecule has 0 unspecified atom stereocenters. The molecule has 1 aliphatic rings. The number of nitrogens with zero attached hydrogens (tertiary/aromatic N) is 3. The Labute approximate surface area is 279 Å². The molecule has 0 saturated heterocycles. The van der Waals surface area contributed by atoms with Gasteiger partial charge in [0.2, 0.25) is 0 Å². The first-order valence-electron chi connectivity index (χ1n) is 16.1. The van der Waals surface area contributed by atoms with Crippen LogP contribution in [0, 0.1) is 0 Å². The average molecular weight is 680 g/mol. The number of para-hydroxylation sites is 1. The topological polar surface area (TPSA) is 30.7 Å². The molecule has 10 rings (SSSR count). The quantitative estimate of drug-likeness (QED) is 0.174. The van der Waals surface area contributed by atoms with Crippen molar-refractivity contribution in [3.63, 3.8) is 0 Å². The Morgan fingerprint density at radius 3 is 2.02 bits per heavy atom. The molecule has 0 saturated carbocycles. The fourth-order valence-corrected chi connectivity index (χ4v) is 15.7. The standard InChI is InChI=1S/C42H29GeN3S/c1-43(2)34-23-28(46-35-19-11-9-17-29(35)32-24-33-30-18-10-12-20-37(30)47-38(33)25-36(32)46)21-22-31(34)41-39(43)40(26-13-5-3-6-14-26)44-42(45-41)27-15-7-4-8-16-27/h3-25H,1-2H3. The van der Waals surface area contributed by atoms with E-state index in [-0.39, 0.29) is 0 Å². The van der Waals surface area contributed by atoms with E-state index < -0.39 is 13.3 Å². The monoisotopic (exact) mass is 681 g/mol. The Hall–Kier alpha value is -5.04. The van der Waals surface area contributed by atoms with Crippen molar-refractivity contribution in [3.8, 4) is 39.6 Å². The summed E-state index contributed by atoms with van der Waals surface area (Å²) in [4.78, 5) is 10.6. The first kappa shape index (κ1) is 27.1. The second-order valence-electron chi connectivity index (χ2n) is 13.0. The zero-order chi connectivity index (χ0) is 31.3. The van der Waals surface area contributed by atoms with Crippen molar-refractivity contribution in [1.29, 1.82) is 0 Å². The van der Waals surface area contributed by atoms with Crippen molar-refractivity contribution >= 4 is 75.4 Å². The predicted octanol–water partition coefficient (Wildman–Crippen LogP) is 10.1. The molecule has 0 aliphatic carbocycles. The fraction of sp³-hybridized carbons (Fsp3) is 0.0476. The third-order valence-corrected chi connectivity index (χ3v) is 18.4. The molecule has 5 heteroatoms. The van der Waals surface area contributed by atoms with Gasteiger partial charge in [0, 0.05) is 0 Å². The van der Waals surface area contributed by atoms with E-state index in [0.717, 1.165) is 28.3 Å². The summed E-state index contributed by atoms with van der Waals surface area (Å²) in [5.74, 6) is 5.81. The molecule has 1 aliphatic heterocycles. The Morgan fingerprint density at radius 2 is 1.21 bits per heavy atom. The summed E-state index contributed by atoms with van der Waals surface area (Å²) < 4.78 is 7.97. The summed E-state index contributed by atoms with van der Waals surface area (Å²) in [6.45, 7) is 0. The van der Waals surface area contributed by atoms with E-state index in [1.807, 2.05) is 17.4 Å². The van der Waals surface area contributed by atoms with Crippen LogP contribution in [0.2, 0.25) is 11.5 Å². The third-order valence-electron chi connectivity index (χ3n) is 9.97. The van der Waals surface area contributed by atoms with Gasteiger partial charge in [-0.2, -0.15) is 0 Å². The van der Waals surface area contributed by atoms with Crippen molar-refractivity contribution < 1.29 is 0 Å². The first-order chi connectivity index (χ1) is 23.1. The molecule has 0 atom stereocenters. The predicted molar refractivity (Wildman–Crippen MR) is 202 cm³/mol. The molecule has 0 spiro atoms. The maximum atomic E-state index is 5.32. The van der Waals surface area contributed by atoms with Crippen LogP contribution in [0.5, 0.6) is 0 Å². The van der Waals surface area contributed by atoms with Crippen LogP contribution in [0.15, 0.2) is 140 Å². The number of aromatic nitrogens is 3. The molecular weight excluding hydrogens is 651 g/mol. The Bertz CT molecular complexity index is 2710. The summed E-state index contributed by atoms with van der Waals surface area (Å²) in [6, 6.07) is 50.7. The minimum absolute atomic E-state index is 0.785. The SMILES string of the molecule is [CH3][Ge]1([CH3])[c]2cc(-n3c4ccccc4c4cc5c(cc43)sc3ccccc35)ccc2-c2nc(-c3ccccc3)nc(-c3ccccc3)[c]21. The van der Waals surface area contributed by atoms with Gasteiger partial charge in [-0.15, -0.1) is 0 Å². The molecule has 222 valence electrons. The number of thiophene rings is 1. The zero-order valence-electron chi connectivity index (χ0n) is 26.0. The number of hydrogen-bond donors (Lipinski definition) is 0.